The van der Waals surface area contributed by atoms with Crippen molar-refractivity contribution in [3.8, 4) is 5.75 Å². The predicted molar refractivity (Wildman–Crippen MR) is 91.2 cm³/mol. The Morgan fingerprint density at radius 3 is 2.48 bits per heavy atom. The highest BCUT2D eigenvalue weighted by Gasteiger charge is 2.12. The van der Waals surface area contributed by atoms with Crippen molar-refractivity contribution in [2.24, 2.45) is 0 Å². The van der Waals surface area contributed by atoms with E-state index in [0.29, 0.717) is 10.6 Å². The number of benzene rings is 2. The van der Waals surface area contributed by atoms with Crippen LogP contribution in [-0.2, 0) is 4.79 Å². The summed E-state index contributed by atoms with van der Waals surface area (Å²) in [6, 6.07) is 9.88. The van der Waals surface area contributed by atoms with Crippen LogP contribution in [-0.4, -0.2) is 16.8 Å². The monoisotopic (exact) mass is 331 g/mol. The van der Waals surface area contributed by atoms with Crippen LogP contribution in [0.5, 0.6) is 5.75 Å². The Hall–Kier alpha value is -2.33. The van der Waals surface area contributed by atoms with Crippen molar-refractivity contribution in [1.29, 1.82) is 0 Å². The Bertz CT molecular complexity index is 756. The molecule has 2 aromatic carbocycles. The van der Waals surface area contributed by atoms with E-state index in [1.54, 1.807) is 6.07 Å². The number of hydrogen-bond acceptors (Lipinski definition) is 3. The topological polar surface area (TPSA) is 66.4 Å². The normalized spacial score (nSPS) is 10.4. The predicted octanol–water partition coefficient (Wildman–Crippen LogP) is 4.26. The van der Waals surface area contributed by atoms with E-state index in [1.807, 2.05) is 26.0 Å². The van der Waals surface area contributed by atoms with Gasteiger partial charge in [0.1, 0.15) is 5.75 Å². The smallest absolute Gasteiger partial charge is 0.224 e. The number of halogens is 1. The molecule has 0 atom stereocenters. The highest BCUT2D eigenvalue weighted by atomic mass is 35.5. The Labute approximate surface area is 140 Å². The summed E-state index contributed by atoms with van der Waals surface area (Å²) in [5.74, 6) is -0.499. The van der Waals surface area contributed by atoms with Crippen LogP contribution in [0.25, 0.3) is 0 Å². The van der Waals surface area contributed by atoms with Gasteiger partial charge in [-0.25, -0.2) is 0 Å². The van der Waals surface area contributed by atoms with Gasteiger partial charge >= 0.3 is 0 Å². The average Bonchev–Trinajstić information content (AvgIpc) is 2.51. The SMILES string of the molecule is Cc1ccc(C(=O)CCC(=O)Nc2cc(Cl)ccc2O)cc1C. The van der Waals surface area contributed by atoms with Gasteiger partial charge in [0.15, 0.2) is 5.78 Å². The van der Waals surface area contributed by atoms with Gasteiger partial charge in [0, 0.05) is 23.4 Å². The number of amides is 1. The molecule has 0 aliphatic heterocycles. The molecule has 0 saturated carbocycles. The van der Waals surface area contributed by atoms with Gasteiger partial charge in [-0.3, -0.25) is 9.59 Å². The van der Waals surface area contributed by atoms with Crippen LogP contribution in [0.3, 0.4) is 0 Å². The minimum Gasteiger partial charge on any atom is -0.506 e. The molecule has 0 unspecified atom stereocenters. The fraction of sp³-hybridized carbons (Fsp3) is 0.222. The summed E-state index contributed by atoms with van der Waals surface area (Å²) < 4.78 is 0. The Kier molecular flexibility index (Phi) is 5.40. The van der Waals surface area contributed by atoms with Crippen molar-refractivity contribution in [1.82, 2.24) is 0 Å². The molecule has 2 rings (SSSR count). The van der Waals surface area contributed by atoms with Crippen molar-refractivity contribution in [2.45, 2.75) is 26.7 Å². The van der Waals surface area contributed by atoms with E-state index in [2.05, 4.69) is 5.32 Å². The first-order valence-corrected chi connectivity index (χ1v) is 7.63. The number of aromatic hydroxyl groups is 1. The van der Waals surface area contributed by atoms with Crippen LogP contribution in [0.2, 0.25) is 5.02 Å². The number of rotatable bonds is 5. The quantitative estimate of drug-likeness (QED) is 0.635. The number of nitrogens with one attached hydrogen (secondary N) is 1. The highest BCUT2D eigenvalue weighted by Crippen LogP contribution is 2.26. The number of hydrogen-bond donors (Lipinski definition) is 2. The summed E-state index contributed by atoms with van der Waals surface area (Å²) >= 11 is 5.82. The molecule has 120 valence electrons. The Balaban J connectivity index is 1.94. The van der Waals surface area contributed by atoms with E-state index in [1.165, 1.54) is 18.2 Å². The fourth-order valence-electron chi connectivity index (χ4n) is 2.11. The highest BCUT2D eigenvalue weighted by molar-refractivity contribution is 6.31. The molecule has 0 radical (unpaired) electrons. The maximum absolute atomic E-state index is 12.1. The summed E-state index contributed by atoms with van der Waals surface area (Å²) in [4.78, 5) is 24.1. The molecule has 0 heterocycles. The largest absolute Gasteiger partial charge is 0.506 e. The first-order chi connectivity index (χ1) is 10.9. The number of aryl methyl sites for hydroxylation is 2. The number of phenols is 1. The summed E-state index contributed by atoms with van der Waals surface area (Å²) in [6.45, 7) is 3.93. The van der Waals surface area contributed by atoms with Crippen molar-refractivity contribution in [3.05, 3.63) is 58.1 Å². The molecule has 0 spiro atoms. The lowest BCUT2D eigenvalue weighted by Crippen LogP contribution is -2.13. The zero-order valence-corrected chi connectivity index (χ0v) is 13.8. The molecule has 0 aliphatic rings. The molecule has 0 aliphatic carbocycles. The van der Waals surface area contributed by atoms with Crippen LogP contribution in [0, 0.1) is 13.8 Å². The molecule has 0 saturated heterocycles. The maximum atomic E-state index is 12.1. The summed E-state index contributed by atoms with van der Waals surface area (Å²) in [5, 5.41) is 12.6. The second-order valence-corrected chi connectivity index (χ2v) is 5.87. The van der Waals surface area contributed by atoms with Crippen LogP contribution in [0.15, 0.2) is 36.4 Å². The maximum Gasteiger partial charge on any atom is 0.224 e. The molecular formula is C18H18ClNO3. The van der Waals surface area contributed by atoms with E-state index >= 15 is 0 Å². The first-order valence-electron chi connectivity index (χ1n) is 7.25. The van der Waals surface area contributed by atoms with E-state index in [9.17, 15) is 14.7 Å². The first kappa shape index (κ1) is 17.0. The number of anilines is 1. The lowest BCUT2D eigenvalue weighted by molar-refractivity contribution is -0.116. The third-order valence-corrected chi connectivity index (χ3v) is 3.88. The molecule has 0 bridgehead atoms. The molecule has 2 N–H and O–H groups in total. The molecule has 1 amide bonds. The second kappa shape index (κ2) is 7.29. The van der Waals surface area contributed by atoms with Crippen molar-refractivity contribution >= 4 is 29.0 Å². The minimum absolute atomic E-state index is 0.0394. The van der Waals surface area contributed by atoms with Gasteiger partial charge in [-0.2, -0.15) is 0 Å². The van der Waals surface area contributed by atoms with E-state index in [0.717, 1.165) is 11.1 Å². The van der Waals surface area contributed by atoms with Crippen molar-refractivity contribution < 1.29 is 14.7 Å². The van der Waals surface area contributed by atoms with Crippen molar-refractivity contribution in [3.63, 3.8) is 0 Å². The van der Waals surface area contributed by atoms with Crippen LogP contribution < -0.4 is 5.32 Å². The van der Waals surface area contributed by atoms with Crippen LogP contribution in [0.4, 0.5) is 5.69 Å². The third-order valence-electron chi connectivity index (χ3n) is 3.64. The standard InChI is InChI=1S/C18H18ClNO3/c1-11-3-4-13(9-12(11)2)16(21)7-8-18(23)20-15-10-14(19)5-6-17(15)22/h3-6,9-10,22H,7-8H2,1-2H3,(H,20,23). The third kappa shape index (κ3) is 4.57. The number of ketones is 1. The molecule has 23 heavy (non-hydrogen) atoms. The van der Waals surface area contributed by atoms with Crippen LogP contribution >= 0.6 is 11.6 Å². The van der Waals surface area contributed by atoms with Gasteiger partial charge in [0.2, 0.25) is 5.91 Å². The molecule has 0 aromatic heterocycles. The second-order valence-electron chi connectivity index (χ2n) is 5.43. The van der Waals surface area contributed by atoms with E-state index < -0.39 is 0 Å². The number of Topliss-reactive ketones (excluding diaryl/α,β-unsaturated/α-hetero) is 1. The van der Waals surface area contributed by atoms with Gasteiger partial charge in [0.25, 0.3) is 0 Å². The van der Waals surface area contributed by atoms with E-state index in [-0.39, 0.29) is 36.0 Å². The van der Waals surface area contributed by atoms with Gasteiger partial charge in [-0.15, -0.1) is 0 Å². The zero-order chi connectivity index (χ0) is 17.0. The molecule has 0 fully saturated rings. The lowest BCUT2D eigenvalue weighted by Gasteiger charge is -2.08. The number of carbonyl (C=O) groups excluding carboxylic acids is 2. The Morgan fingerprint density at radius 1 is 1.04 bits per heavy atom. The molecule has 5 heteroatoms. The minimum atomic E-state index is -0.347. The zero-order valence-electron chi connectivity index (χ0n) is 13.0. The number of carbonyl (C=O) groups is 2. The lowest BCUT2D eigenvalue weighted by atomic mass is 10.0. The van der Waals surface area contributed by atoms with Gasteiger partial charge in [-0.1, -0.05) is 23.7 Å². The average molecular weight is 332 g/mol. The molecule has 4 nitrogen and oxygen atoms in total. The van der Waals surface area contributed by atoms with Crippen molar-refractivity contribution in [2.75, 3.05) is 5.32 Å². The van der Waals surface area contributed by atoms with Crippen LogP contribution in [0.1, 0.15) is 34.3 Å². The summed E-state index contributed by atoms with van der Waals surface area (Å²) in [7, 11) is 0. The molecular weight excluding hydrogens is 314 g/mol. The fourth-order valence-corrected chi connectivity index (χ4v) is 2.28. The van der Waals surface area contributed by atoms with Gasteiger partial charge in [0.05, 0.1) is 5.69 Å². The Morgan fingerprint density at radius 2 is 1.78 bits per heavy atom. The molecule has 2 aromatic rings. The van der Waals surface area contributed by atoms with Gasteiger partial charge < -0.3 is 10.4 Å². The number of phenolic OH excluding ortho intramolecular Hbond substituents is 1. The summed E-state index contributed by atoms with van der Waals surface area (Å²) in [5.41, 5.74) is 3.01. The summed E-state index contributed by atoms with van der Waals surface area (Å²) in [6.07, 6.45) is 0.146. The van der Waals surface area contributed by atoms with E-state index in [4.69, 9.17) is 11.6 Å². The van der Waals surface area contributed by atoms with Gasteiger partial charge in [-0.05, 0) is 49.2 Å².